The zero-order valence-corrected chi connectivity index (χ0v) is 15.0. The van der Waals surface area contributed by atoms with E-state index in [1.54, 1.807) is 0 Å². The van der Waals surface area contributed by atoms with Crippen molar-refractivity contribution < 1.29 is 9.53 Å². The van der Waals surface area contributed by atoms with Crippen LogP contribution in [0.5, 0.6) is 0 Å². The molecule has 5 rings (SSSR count). The Bertz CT molecular complexity index is 988. The summed E-state index contributed by atoms with van der Waals surface area (Å²) in [4.78, 5) is 12.1. The van der Waals surface area contributed by atoms with E-state index in [9.17, 15) is 4.79 Å². The molecule has 1 heterocycles. The van der Waals surface area contributed by atoms with Crippen molar-refractivity contribution in [3.05, 3.63) is 67.7 Å². The molecule has 1 saturated heterocycles. The summed E-state index contributed by atoms with van der Waals surface area (Å²) >= 11 is 25.1. The minimum Gasteiger partial charge on any atom is -0.354 e. The molecule has 24 heavy (non-hydrogen) atoms. The Hall–Kier alpha value is -1.03. The average molecular weight is 398 g/mol. The fourth-order valence-electron chi connectivity index (χ4n) is 4.10. The predicted octanol–water partition coefficient (Wildman–Crippen LogP) is 5.71. The minimum absolute atomic E-state index is 0.106. The summed E-state index contributed by atoms with van der Waals surface area (Å²) in [5.41, 5.74) is 0.999. The van der Waals surface area contributed by atoms with Gasteiger partial charge in [0.1, 0.15) is 10.1 Å². The van der Waals surface area contributed by atoms with Crippen LogP contribution in [0.3, 0.4) is 0 Å². The molecule has 2 aromatic carbocycles. The van der Waals surface area contributed by atoms with E-state index in [-0.39, 0.29) is 32.2 Å². The third kappa shape index (κ3) is 1.53. The Morgan fingerprint density at radius 2 is 1.46 bits per heavy atom. The van der Waals surface area contributed by atoms with E-state index in [2.05, 4.69) is 12.1 Å². The molecule has 0 saturated carbocycles. The monoisotopic (exact) mass is 396 g/mol. The van der Waals surface area contributed by atoms with Crippen molar-refractivity contribution >= 4 is 63.0 Å². The van der Waals surface area contributed by atoms with Gasteiger partial charge in [-0.05, 0) is 21.9 Å². The molecule has 120 valence electrons. The molecule has 0 amide bonds. The van der Waals surface area contributed by atoms with Crippen molar-refractivity contribution in [3.63, 3.8) is 0 Å². The van der Waals surface area contributed by atoms with Gasteiger partial charge in [-0.15, -0.1) is 0 Å². The van der Waals surface area contributed by atoms with Crippen LogP contribution in [0.4, 0.5) is 0 Å². The number of carbonyl (C=O) groups is 1. The first-order valence-electron chi connectivity index (χ1n) is 7.34. The van der Waals surface area contributed by atoms with Gasteiger partial charge in [0.15, 0.2) is 5.60 Å². The third-order valence-corrected chi connectivity index (χ3v) is 6.95. The second-order valence-corrected chi connectivity index (χ2v) is 7.64. The van der Waals surface area contributed by atoms with Gasteiger partial charge in [0.05, 0.1) is 22.1 Å². The van der Waals surface area contributed by atoms with E-state index in [4.69, 9.17) is 51.1 Å². The van der Waals surface area contributed by atoms with Crippen LogP contribution in [0.25, 0.3) is 10.8 Å². The van der Waals surface area contributed by atoms with Crippen molar-refractivity contribution in [1.82, 2.24) is 0 Å². The number of allylic oxidation sites excluding steroid dienone is 2. The Morgan fingerprint density at radius 3 is 2.08 bits per heavy atom. The lowest BCUT2D eigenvalue weighted by atomic mass is 9.72. The van der Waals surface area contributed by atoms with Gasteiger partial charge in [0.25, 0.3) is 0 Å². The lowest BCUT2D eigenvalue weighted by molar-refractivity contribution is -0.178. The fourth-order valence-corrected chi connectivity index (χ4v) is 5.35. The molecule has 0 radical (unpaired) electrons. The number of fused-ring (bicyclic) bond motifs is 4. The number of ketones is 1. The first-order valence-corrected chi connectivity index (χ1v) is 8.85. The van der Waals surface area contributed by atoms with Gasteiger partial charge in [-0.1, -0.05) is 82.8 Å². The van der Waals surface area contributed by atoms with Gasteiger partial charge < -0.3 is 4.74 Å². The van der Waals surface area contributed by atoms with Crippen molar-refractivity contribution in [1.29, 1.82) is 0 Å². The van der Waals surface area contributed by atoms with Crippen LogP contribution < -0.4 is 0 Å². The first kappa shape index (κ1) is 15.2. The number of ether oxygens (including phenoxy) is 1. The highest BCUT2D eigenvalue weighted by Gasteiger charge is 2.66. The van der Waals surface area contributed by atoms with Crippen molar-refractivity contribution in [2.45, 2.75) is 17.6 Å². The lowest BCUT2D eigenvalue weighted by Crippen LogP contribution is -2.54. The summed E-state index contributed by atoms with van der Waals surface area (Å²) in [5, 5.41) is 2.22. The molecule has 0 bridgehead atoms. The molecule has 1 aliphatic heterocycles. The highest BCUT2D eigenvalue weighted by atomic mass is 35.5. The Kier molecular flexibility index (Phi) is 3.03. The Balaban J connectivity index is 1.80. The summed E-state index contributed by atoms with van der Waals surface area (Å²) in [5.74, 6) is -0.728. The summed E-state index contributed by atoms with van der Waals surface area (Å²) in [6.07, 6.45) is -0.185. The van der Waals surface area contributed by atoms with Gasteiger partial charge in [-0.2, -0.15) is 0 Å². The number of hydrogen-bond acceptors (Lipinski definition) is 2. The molecule has 3 aliphatic rings. The van der Waals surface area contributed by atoms with Crippen molar-refractivity contribution in [2.24, 2.45) is 0 Å². The zero-order valence-electron chi connectivity index (χ0n) is 11.9. The SMILES string of the molecule is O=C1C(Cl)=C(Cl)C2(O[C@@H]3c4cccc5cccc(c45)[C@@H]32)C(Cl)=C1Cl. The first-order chi connectivity index (χ1) is 11.5. The zero-order chi connectivity index (χ0) is 16.8. The molecule has 2 nitrogen and oxygen atoms in total. The second-order valence-electron chi connectivity index (χ2n) is 6.13. The Morgan fingerprint density at radius 1 is 0.875 bits per heavy atom. The van der Waals surface area contributed by atoms with Crippen LogP contribution in [-0.2, 0) is 9.53 Å². The van der Waals surface area contributed by atoms with E-state index in [0.29, 0.717) is 0 Å². The fraction of sp³-hybridized carbons (Fsp3) is 0.167. The summed E-state index contributed by atoms with van der Waals surface area (Å²) in [7, 11) is 0. The van der Waals surface area contributed by atoms with Gasteiger partial charge in [0, 0.05) is 0 Å². The molecule has 1 fully saturated rings. The molecule has 0 unspecified atom stereocenters. The minimum atomic E-state index is -1.18. The van der Waals surface area contributed by atoms with Gasteiger partial charge >= 0.3 is 0 Å². The molecule has 6 heteroatoms. The lowest BCUT2D eigenvalue weighted by Gasteiger charge is -2.53. The van der Waals surface area contributed by atoms with Crippen LogP contribution in [0, 0.1) is 0 Å². The number of Topliss-reactive ketones (excluding diaryl/α,β-unsaturated/α-hetero) is 1. The molecular formula is C18H8Cl4O2. The van der Waals surface area contributed by atoms with E-state index < -0.39 is 11.4 Å². The van der Waals surface area contributed by atoms with E-state index in [0.717, 1.165) is 21.9 Å². The molecule has 2 aliphatic carbocycles. The van der Waals surface area contributed by atoms with Crippen LogP contribution in [-0.4, -0.2) is 11.4 Å². The number of benzene rings is 2. The second kappa shape index (κ2) is 4.78. The maximum absolute atomic E-state index is 12.1. The third-order valence-electron chi connectivity index (χ3n) is 5.10. The largest absolute Gasteiger partial charge is 0.354 e. The molecule has 0 N–H and O–H groups in total. The smallest absolute Gasteiger partial charge is 0.218 e. The highest BCUT2D eigenvalue weighted by Crippen LogP contribution is 2.69. The summed E-state index contributed by atoms with van der Waals surface area (Å²) < 4.78 is 6.18. The van der Waals surface area contributed by atoms with Crippen LogP contribution in [0.1, 0.15) is 23.1 Å². The molecule has 2 aromatic rings. The summed E-state index contributed by atoms with van der Waals surface area (Å²) in [6, 6.07) is 12.2. The van der Waals surface area contributed by atoms with Gasteiger partial charge in [-0.3, -0.25) is 4.79 Å². The number of hydrogen-bond donors (Lipinski definition) is 0. The van der Waals surface area contributed by atoms with Gasteiger partial charge in [-0.25, -0.2) is 0 Å². The maximum atomic E-state index is 12.1. The van der Waals surface area contributed by atoms with E-state index in [1.165, 1.54) is 0 Å². The van der Waals surface area contributed by atoms with Crippen LogP contribution in [0.15, 0.2) is 56.5 Å². The topological polar surface area (TPSA) is 26.3 Å². The summed E-state index contributed by atoms with van der Waals surface area (Å²) in [6.45, 7) is 0. The Labute approximate surface area is 157 Å². The van der Waals surface area contributed by atoms with E-state index in [1.807, 2.05) is 24.3 Å². The van der Waals surface area contributed by atoms with E-state index >= 15 is 0 Å². The average Bonchev–Trinajstić information content (AvgIpc) is 2.83. The van der Waals surface area contributed by atoms with Crippen LogP contribution in [0.2, 0.25) is 0 Å². The van der Waals surface area contributed by atoms with Crippen LogP contribution >= 0.6 is 46.4 Å². The number of halogens is 4. The molecular weight excluding hydrogens is 390 g/mol. The van der Waals surface area contributed by atoms with Crippen molar-refractivity contribution in [2.75, 3.05) is 0 Å². The highest BCUT2D eigenvalue weighted by molar-refractivity contribution is 6.61. The van der Waals surface area contributed by atoms with Gasteiger partial charge in [0.2, 0.25) is 5.78 Å². The molecule has 2 atom stereocenters. The quantitative estimate of drug-likeness (QED) is 0.569. The number of rotatable bonds is 0. The van der Waals surface area contributed by atoms with Crippen molar-refractivity contribution in [3.8, 4) is 0 Å². The molecule has 0 aromatic heterocycles. The molecule has 1 spiro atoms. The standard InChI is InChI=1S/C18H8Cl4O2/c19-12-14(23)13(20)17(22)18(16(12)21)11-8-5-1-3-7-4-2-6-9(10(7)8)15(11)24-18/h1-6,11,15H/t11-,15+/m0/s1. The predicted molar refractivity (Wildman–Crippen MR) is 95.7 cm³/mol. The maximum Gasteiger partial charge on any atom is 0.218 e. The normalized spacial score (nSPS) is 27.1. The number of carbonyl (C=O) groups excluding carboxylic acids is 1.